The molecule has 162 valence electrons. The van der Waals surface area contributed by atoms with Crippen LogP contribution in [0, 0.1) is 10.1 Å². The van der Waals surface area contributed by atoms with E-state index in [4.69, 9.17) is 16.3 Å². The van der Waals surface area contributed by atoms with Gasteiger partial charge in [0.25, 0.3) is 5.69 Å². The van der Waals surface area contributed by atoms with Crippen molar-refractivity contribution in [2.45, 2.75) is 12.8 Å². The number of nitro benzene ring substituents is 1. The molecule has 1 aromatic carbocycles. The topological polar surface area (TPSA) is 150 Å². The SMILES string of the molecule is COC(=O)C1=C(C)NC2=C(C1c1cc([N+](=O)[O-])ccc1Cl)S(=O)(=O)CCS(=O)(=O)C2. The Balaban J connectivity index is 2.40. The molecule has 13 heteroatoms. The Bertz CT molecular complexity index is 1230. The number of rotatable bonds is 3. The normalized spacial score (nSPS) is 22.6. The molecule has 0 amide bonds. The molecular weight excluding hydrogens is 460 g/mol. The number of nitro groups is 1. The summed E-state index contributed by atoms with van der Waals surface area (Å²) in [6.07, 6.45) is 0. The molecule has 0 saturated carbocycles. The third kappa shape index (κ3) is 3.94. The Morgan fingerprint density at radius 2 is 1.93 bits per heavy atom. The maximum atomic E-state index is 13.1. The Kier molecular flexibility index (Phi) is 5.69. The first-order valence-electron chi connectivity index (χ1n) is 8.54. The van der Waals surface area contributed by atoms with Crippen LogP contribution in [0.1, 0.15) is 18.4 Å². The van der Waals surface area contributed by atoms with Crippen LogP contribution >= 0.6 is 11.6 Å². The second-order valence-corrected chi connectivity index (χ2v) is 11.5. The summed E-state index contributed by atoms with van der Waals surface area (Å²) >= 11 is 6.26. The van der Waals surface area contributed by atoms with Gasteiger partial charge in [-0.05, 0) is 18.6 Å². The molecule has 0 aromatic heterocycles. The number of non-ortho nitro benzene ring substituents is 1. The van der Waals surface area contributed by atoms with Crippen LogP contribution in [-0.4, -0.2) is 52.1 Å². The van der Waals surface area contributed by atoms with Crippen molar-refractivity contribution in [2.24, 2.45) is 0 Å². The van der Waals surface area contributed by atoms with Gasteiger partial charge in [0.2, 0.25) is 0 Å². The highest BCUT2D eigenvalue weighted by Gasteiger charge is 2.44. The van der Waals surface area contributed by atoms with Crippen molar-refractivity contribution in [3.05, 3.63) is 60.8 Å². The predicted octanol–water partition coefficient (Wildman–Crippen LogP) is 1.44. The van der Waals surface area contributed by atoms with E-state index in [0.717, 1.165) is 19.2 Å². The summed E-state index contributed by atoms with van der Waals surface area (Å²) in [7, 11) is -6.81. The first-order valence-corrected chi connectivity index (χ1v) is 12.4. The van der Waals surface area contributed by atoms with Crippen LogP contribution in [0.4, 0.5) is 5.69 Å². The quantitative estimate of drug-likeness (QED) is 0.388. The van der Waals surface area contributed by atoms with Crippen LogP contribution in [0.2, 0.25) is 5.02 Å². The summed E-state index contributed by atoms with van der Waals surface area (Å²) in [4.78, 5) is 22.8. The summed E-state index contributed by atoms with van der Waals surface area (Å²) in [5, 5.41) is 14.0. The second kappa shape index (κ2) is 7.67. The van der Waals surface area contributed by atoms with Crippen LogP contribution in [0.15, 0.2) is 40.1 Å². The zero-order valence-corrected chi connectivity index (χ0v) is 18.2. The zero-order valence-electron chi connectivity index (χ0n) is 15.8. The standard InChI is InChI=1S/C17H17ClN2O8S2/c1-9-14(17(21)28-2)15(11-7-10(20(22)23)3-4-12(11)18)16-13(19-9)8-29(24,25)5-6-30(16,26)27/h3-4,7,15,19H,5-6,8H2,1-2H3. The molecule has 0 fully saturated rings. The first-order chi connectivity index (χ1) is 13.9. The number of ether oxygens (including phenoxy) is 1. The second-order valence-electron chi connectivity index (χ2n) is 6.80. The third-order valence-electron chi connectivity index (χ3n) is 4.86. The zero-order chi connectivity index (χ0) is 22.4. The van der Waals surface area contributed by atoms with E-state index in [1.807, 2.05) is 0 Å². The molecule has 2 aliphatic heterocycles. The maximum Gasteiger partial charge on any atom is 0.336 e. The number of carbonyl (C=O) groups excluding carboxylic acids is 1. The number of benzene rings is 1. The Labute approximate surface area is 177 Å². The van der Waals surface area contributed by atoms with Crippen molar-refractivity contribution in [3.8, 4) is 0 Å². The fourth-order valence-electron chi connectivity index (χ4n) is 3.53. The number of hydrogen-bond donors (Lipinski definition) is 1. The number of nitrogens with zero attached hydrogens (tertiary/aromatic N) is 1. The average Bonchev–Trinajstić information content (AvgIpc) is 2.73. The summed E-state index contributed by atoms with van der Waals surface area (Å²) in [6.45, 7) is 1.46. The summed E-state index contributed by atoms with van der Waals surface area (Å²) in [6, 6.07) is 3.44. The van der Waals surface area contributed by atoms with Gasteiger partial charge in [0.15, 0.2) is 19.7 Å². The number of allylic oxidation sites excluding steroid dienone is 2. The van der Waals surface area contributed by atoms with Gasteiger partial charge in [0, 0.05) is 28.5 Å². The lowest BCUT2D eigenvalue weighted by atomic mass is 9.86. The minimum absolute atomic E-state index is 0.0116. The molecule has 0 spiro atoms. The highest BCUT2D eigenvalue weighted by molar-refractivity contribution is 7.98. The minimum Gasteiger partial charge on any atom is -0.466 e. The number of methoxy groups -OCH3 is 1. The molecule has 0 aliphatic carbocycles. The molecule has 1 atom stereocenters. The van der Waals surface area contributed by atoms with E-state index in [0.29, 0.717) is 0 Å². The highest BCUT2D eigenvalue weighted by Crippen LogP contribution is 2.45. The largest absolute Gasteiger partial charge is 0.466 e. The van der Waals surface area contributed by atoms with Gasteiger partial charge in [0.1, 0.15) is 0 Å². The van der Waals surface area contributed by atoms with E-state index in [9.17, 15) is 31.7 Å². The van der Waals surface area contributed by atoms with E-state index in [1.165, 1.54) is 13.0 Å². The molecule has 1 N–H and O–H groups in total. The molecule has 0 bridgehead atoms. The Morgan fingerprint density at radius 1 is 1.27 bits per heavy atom. The molecule has 1 unspecified atom stereocenters. The molecule has 3 rings (SSSR count). The van der Waals surface area contributed by atoms with Crippen molar-refractivity contribution in [3.63, 3.8) is 0 Å². The van der Waals surface area contributed by atoms with Crippen LogP contribution in [0.3, 0.4) is 0 Å². The molecule has 10 nitrogen and oxygen atoms in total. The summed E-state index contributed by atoms with van der Waals surface area (Å²) in [5.74, 6) is -4.10. The lowest BCUT2D eigenvalue weighted by Gasteiger charge is -2.31. The van der Waals surface area contributed by atoms with Crippen LogP contribution in [0.25, 0.3) is 0 Å². The number of sulfone groups is 2. The van der Waals surface area contributed by atoms with Crippen LogP contribution < -0.4 is 5.32 Å². The molecule has 0 radical (unpaired) electrons. The summed E-state index contributed by atoms with van der Waals surface area (Å²) in [5.41, 5.74) is -0.440. The Morgan fingerprint density at radius 3 is 2.53 bits per heavy atom. The van der Waals surface area contributed by atoms with Gasteiger partial charge in [-0.1, -0.05) is 11.6 Å². The lowest BCUT2D eigenvalue weighted by Crippen LogP contribution is -2.33. The number of carbonyl (C=O) groups is 1. The van der Waals surface area contributed by atoms with Crippen LogP contribution in [-0.2, 0) is 29.2 Å². The highest BCUT2D eigenvalue weighted by atomic mass is 35.5. The predicted molar refractivity (Wildman–Crippen MR) is 108 cm³/mol. The van der Waals surface area contributed by atoms with Crippen molar-refractivity contribution in [1.29, 1.82) is 0 Å². The van der Waals surface area contributed by atoms with Gasteiger partial charge in [-0.2, -0.15) is 0 Å². The third-order valence-corrected chi connectivity index (χ3v) is 8.91. The lowest BCUT2D eigenvalue weighted by molar-refractivity contribution is -0.384. The van der Waals surface area contributed by atoms with E-state index < -0.39 is 53.7 Å². The van der Waals surface area contributed by atoms with E-state index in [1.54, 1.807) is 0 Å². The molecule has 30 heavy (non-hydrogen) atoms. The minimum atomic E-state index is -4.17. The fourth-order valence-corrected chi connectivity index (χ4v) is 7.88. The van der Waals surface area contributed by atoms with Gasteiger partial charge < -0.3 is 10.1 Å². The van der Waals surface area contributed by atoms with Crippen molar-refractivity contribution in [1.82, 2.24) is 5.32 Å². The maximum absolute atomic E-state index is 13.1. The molecule has 2 heterocycles. The molecule has 2 aliphatic rings. The fraction of sp³-hybridized carbons (Fsp3) is 0.353. The number of hydrogen-bond acceptors (Lipinski definition) is 9. The van der Waals surface area contributed by atoms with Gasteiger partial charge in [-0.25, -0.2) is 21.6 Å². The average molecular weight is 477 g/mol. The number of dihydropyridines is 1. The molecule has 0 saturated heterocycles. The van der Waals surface area contributed by atoms with Crippen molar-refractivity contribution in [2.75, 3.05) is 24.4 Å². The van der Waals surface area contributed by atoms with E-state index >= 15 is 0 Å². The van der Waals surface area contributed by atoms with Gasteiger partial charge in [-0.15, -0.1) is 0 Å². The molecule has 1 aromatic rings. The van der Waals surface area contributed by atoms with Gasteiger partial charge >= 0.3 is 5.97 Å². The van der Waals surface area contributed by atoms with Gasteiger partial charge in [0.05, 0.1) is 45.7 Å². The smallest absolute Gasteiger partial charge is 0.336 e. The van der Waals surface area contributed by atoms with E-state index in [2.05, 4.69) is 5.32 Å². The van der Waals surface area contributed by atoms with Crippen molar-refractivity contribution < 1.29 is 31.3 Å². The van der Waals surface area contributed by atoms with E-state index in [-0.39, 0.29) is 38.1 Å². The van der Waals surface area contributed by atoms with Crippen molar-refractivity contribution >= 4 is 42.9 Å². The van der Waals surface area contributed by atoms with Gasteiger partial charge in [-0.3, -0.25) is 10.1 Å². The first kappa shape index (κ1) is 22.2. The molecular formula is C17H17ClN2O8S2. The summed E-state index contributed by atoms with van der Waals surface area (Å²) < 4.78 is 55.5. The monoisotopic (exact) mass is 476 g/mol. The number of nitrogens with one attached hydrogen (secondary N) is 1. The Hall–Kier alpha value is -2.44. The number of esters is 1. The van der Waals surface area contributed by atoms with Crippen LogP contribution in [0.5, 0.6) is 0 Å². The number of halogens is 1.